The quantitative estimate of drug-likeness (QED) is 0.844. The number of likely N-dealkylation sites (tertiary alicyclic amines) is 2. The number of carbonyl (C=O) groups excluding carboxylic acids is 1. The Morgan fingerprint density at radius 3 is 2.76 bits per heavy atom. The van der Waals surface area contributed by atoms with Gasteiger partial charge in [-0.25, -0.2) is 4.39 Å². The number of nitrogens with zero attached hydrogens (tertiary/aromatic N) is 2. The van der Waals surface area contributed by atoms with Gasteiger partial charge in [-0.05, 0) is 44.7 Å². The summed E-state index contributed by atoms with van der Waals surface area (Å²) in [6.45, 7) is 4.67. The van der Waals surface area contributed by atoms with E-state index in [1.54, 1.807) is 12.1 Å². The molecule has 1 atom stereocenters. The first-order valence-corrected chi connectivity index (χ1v) is 9.53. The molecule has 0 aromatic heterocycles. The lowest BCUT2D eigenvalue weighted by Crippen LogP contribution is -2.50. The van der Waals surface area contributed by atoms with E-state index >= 15 is 0 Å². The highest BCUT2D eigenvalue weighted by molar-refractivity contribution is 5.84. The Hall–Kier alpha value is -1.46. The van der Waals surface area contributed by atoms with Gasteiger partial charge in [0.25, 0.3) is 0 Å². The number of benzene rings is 1. The minimum absolute atomic E-state index is 0.217. The first-order valence-electron chi connectivity index (χ1n) is 9.53. The highest BCUT2D eigenvalue weighted by Gasteiger charge is 2.49. The fourth-order valence-electron chi connectivity index (χ4n) is 4.78. The van der Waals surface area contributed by atoms with Gasteiger partial charge in [0.15, 0.2) is 0 Å². The molecule has 3 aliphatic rings. The van der Waals surface area contributed by atoms with Crippen LogP contribution in [0.1, 0.15) is 37.7 Å². The Bertz CT molecular complexity index is 632. The molecule has 3 aliphatic heterocycles. The summed E-state index contributed by atoms with van der Waals surface area (Å²) in [5, 5.41) is 0. The summed E-state index contributed by atoms with van der Waals surface area (Å²) in [5.41, 5.74) is 0.370. The highest BCUT2D eigenvalue weighted by Crippen LogP contribution is 2.42. The smallest absolute Gasteiger partial charge is 0.230 e. The number of rotatable bonds is 3. The van der Waals surface area contributed by atoms with Gasteiger partial charge in [0.2, 0.25) is 5.91 Å². The van der Waals surface area contributed by atoms with Crippen molar-refractivity contribution in [2.24, 2.45) is 5.41 Å². The monoisotopic (exact) mass is 346 g/mol. The van der Waals surface area contributed by atoms with E-state index in [1.165, 1.54) is 6.07 Å². The molecule has 0 bridgehead atoms. The van der Waals surface area contributed by atoms with Crippen LogP contribution in [-0.2, 0) is 16.1 Å². The fraction of sp³-hybridized carbons (Fsp3) is 0.650. The average Bonchev–Trinajstić information content (AvgIpc) is 3.07. The van der Waals surface area contributed by atoms with Crippen molar-refractivity contribution >= 4 is 5.91 Å². The number of halogens is 1. The van der Waals surface area contributed by atoms with Gasteiger partial charge >= 0.3 is 0 Å². The summed E-state index contributed by atoms with van der Waals surface area (Å²) in [7, 11) is 0. The molecule has 4 rings (SSSR count). The van der Waals surface area contributed by atoms with E-state index in [0.29, 0.717) is 18.2 Å². The molecule has 4 nitrogen and oxygen atoms in total. The van der Waals surface area contributed by atoms with E-state index in [1.807, 2.05) is 11.0 Å². The second-order valence-electron chi connectivity index (χ2n) is 7.77. The zero-order valence-electron chi connectivity index (χ0n) is 14.8. The second kappa shape index (κ2) is 7.04. The van der Waals surface area contributed by atoms with Crippen LogP contribution in [0.3, 0.4) is 0 Å². The van der Waals surface area contributed by atoms with Crippen LogP contribution >= 0.6 is 0 Å². The Morgan fingerprint density at radius 2 is 1.96 bits per heavy atom. The van der Waals surface area contributed by atoms with Crippen molar-refractivity contribution in [2.45, 2.75) is 44.7 Å². The minimum atomic E-state index is -0.248. The molecule has 1 aromatic rings. The lowest BCUT2D eigenvalue weighted by atomic mass is 9.78. The topological polar surface area (TPSA) is 32.8 Å². The van der Waals surface area contributed by atoms with Gasteiger partial charge < -0.3 is 9.64 Å². The van der Waals surface area contributed by atoms with Crippen LogP contribution in [0.25, 0.3) is 0 Å². The van der Waals surface area contributed by atoms with Crippen LogP contribution < -0.4 is 0 Å². The molecule has 3 fully saturated rings. The molecule has 3 saturated heterocycles. The number of piperidine rings is 1. The van der Waals surface area contributed by atoms with Gasteiger partial charge in [0.1, 0.15) is 5.82 Å². The van der Waals surface area contributed by atoms with Crippen molar-refractivity contribution in [1.82, 2.24) is 9.80 Å². The molecule has 0 aliphatic carbocycles. The second-order valence-corrected chi connectivity index (χ2v) is 7.77. The van der Waals surface area contributed by atoms with E-state index in [2.05, 4.69) is 4.90 Å². The Balaban J connectivity index is 1.46. The number of hydrogen-bond acceptors (Lipinski definition) is 3. The minimum Gasteiger partial charge on any atom is -0.381 e. The number of carbonyl (C=O) groups is 1. The van der Waals surface area contributed by atoms with Crippen LogP contribution in [-0.4, -0.2) is 54.6 Å². The van der Waals surface area contributed by atoms with E-state index in [-0.39, 0.29) is 17.1 Å². The largest absolute Gasteiger partial charge is 0.381 e. The van der Waals surface area contributed by atoms with E-state index < -0.39 is 0 Å². The van der Waals surface area contributed by atoms with E-state index in [0.717, 1.165) is 65.0 Å². The number of amides is 1. The van der Waals surface area contributed by atoms with E-state index in [4.69, 9.17) is 4.74 Å². The summed E-state index contributed by atoms with van der Waals surface area (Å²) < 4.78 is 19.5. The van der Waals surface area contributed by atoms with Crippen molar-refractivity contribution in [3.05, 3.63) is 35.6 Å². The van der Waals surface area contributed by atoms with Gasteiger partial charge in [-0.1, -0.05) is 18.2 Å². The predicted octanol–water partition coefficient (Wildman–Crippen LogP) is 2.82. The van der Waals surface area contributed by atoms with Crippen molar-refractivity contribution in [3.8, 4) is 0 Å². The standard InChI is InChI=1S/C20H27FN2O2/c21-18-5-2-1-4-16(18)14-22-10-3-8-20(19(22)24)9-11-23(15-20)17-6-12-25-13-7-17/h1-2,4-5,17H,3,6-15H2. The van der Waals surface area contributed by atoms with Crippen LogP contribution in [0.2, 0.25) is 0 Å². The molecular formula is C20H27FN2O2. The van der Waals surface area contributed by atoms with Crippen molar-refractivity contribution in [3.63, 3.8) is 0 Å². The molecule has 0 radical (unpaired) electrons. The Labute approximate surface area is 148 Å². The van der Waals surface area contributed by atoms with Gasteiger partial charge in [0.05, 0.1) is 5.41 Å². The maximum Gasteiger partial charge on any atom is 0.230 e. The van der Waals surface area contributed by atoms with Gasteiger partial charge in [0, 0.05) is 44.5 Å². The maximum atomic E-state index is 14.0. The van der Waals surface area contributed by atoms with E-state index in [9.17, 15) is 9.18 Å². The summed E-state index contributed by atoms with van der Waals surface area (Å²) in [6, 6.07) is 7.35. The third kappa shape index (κ3) is 3.32. The SMILES string of the molecule is O=C1N(Cc2ccccc2F)CCCC12CCN(C1CCOCC1)C2. The molecule has 1 amide bonds. The van der Waals surface area contributed by atoms with Crippen molar-refractivity contribution in [2.75, 3.05) is 32.8 Å². The van der Waals surface area contributed by atoms with Gasteiger partial charge in [-0.15, -0.1) is 0 Å². The summed E-state index contributed by atoms with van der Waals surface area (Å²) in [6.07, 6.45) is 5.07. The highest BCUT2D eigenvalue weighted by atomic mass is 19.1. The third-order valence-corrected chi connectivity index (χ3v) is 6.23. The maximum absolute atomic E-state index is 14.0. The Morgan fingerprint density at radius 1 is 1.16 bits per heavy atom. The van der Waals surface area contributed by atoms with Crippen LogP contribution in [0.4, 0.5) is 4.39 Å². The molecule has 5 heteroatoms. The molecule has 136 valence electrons. The molecule has 0 N–H and O–H groups in total. The lowest BCUT2D eigenvalue weighted by Gasteiger charge is -2.40. The van der Waals surface area contributed by atoms with Gasteiger partial charge in [-0.3, -0.25) is 9.69 Å². The van der Waals surface area contributed by atoms with Crippen LogP contribution in [0, 0.1) is 11.2 Å². The molecule has 1 unspecified atom stereocenters. The zero-order valence-corrected chi connectivity index (χ0v) is 14.8. The summed E-state index contributed by atoms with van der Waals surface area (Å²) >= 11 is 0. The number of hydrogen-bond donors (Lipinski definition) is 0. The first kappa shape index (κ1) is 17.0. The van der Waals surface area contributed by atoms with Crippen LogP contribution in [0.15, 0.2) is 24.3 Å². The summed E-state index contributed by atoms with van der Waals surface area (Å²) in [4.78, 5) is 17.6. The van der Waals surface area contributed by atoms with Crippen LogP contribution in [0.5, 0.6) is 0 Å². The molecule has 25 heavy (non-hydrogen) atoms. The lowest BCUT2D eigenvalue weighted by molar-refractivity contribution is -0.146. The zero-order chi connectivity index (χ0) is 17.3. The molecule has 1 aromatic carbocycles. The first-order chi connectivity index (χ1) is 12.2. The normalized spacial score (nSPS) is 28.8. The average molecular weight is 346 g/mol. The molecular weight excluding hydrogens is 319 g/mol. The summed E-state index contributed by atoms with van der Waals surface area (Å²) in [5.74, 6) is 0.0155. The third-order valence-electron chi connectivity index (χ3n) is 6.23. The Kier molecular flexibility index (Phi) is 4.78. The van der Waals surface area contributed by atoms with Crippen molar-refractivity contribution in [1.29, 1.82) is 0 Å². The fourth-order valence-corrected chi connectivity index (χ4v) is 4.78. The molecule has 1 spiro atoms. The van der Waals surface area contributed by atoms with Crippen molar-refractivity contribution < 1.29 is 13.9 Å². The number of ether oxygens (including phenoxy) is 1. The molecule has 3 heterocycles. The van der Waals surface area contributed by atoms with Gasteiger partial charge in [-0.2, -0.15) is 0 Å². The molecule has 0 saturated carbocycles. The predicted molar refractivity (Wildman–Crippen MR) is 93.5 cm³/mol.